The van der Waals surface area contributed by atoms with Crippen LogP contribution in [-0.4, -0.2) is 5.90 Å². The molecule has 10 rings (SSSR count). The van der Waals surface area contributed by atoms with Crippen LogP contribution in [0.5, 0.6) is 0 Å². The standard InChI is InChI=1S/C25H22P2.2C15H9.Ag.Au/c1-5-13-22(14-6-1)26(23-15-7-2-8-16-23)21-27(24-17-9-3-10-18-24)25-19-11-4-12-20-25;1-2-11-7-8-15-13(9-11)10-12-5-3-4-6-14(12)15;1-2-11-7-8-13-10-12-5-3-4-6-14(12)15(13)9-11;;/h1-20H,21H2;2*3-9H,10H2;;/q;2*-1;2*+1/p+2. The van der Waals surface area contributed by atoms with Gasteiger partial charge in [-0.25, -0.2) is 0 Å². The second-order valence-corrected chi connectivity index (χ2v) is 19.9. The van der Waals surface area contributed by atoms with E-state index in [-0.39, 0.29) is 44.8 Å². The molecule has 4 heteroatoms. The van der Waals surface area contributed by atoms with Crippen LogP contribution in [0.1, 0.15) is 33.4 Å². The maximum Gasteiger partial charge on any atom is 1.00 e. The monoisotopic (exact) mass is 1070 g/mol. The first-order valence-corrected chi connectivity index (χ1v) is 22.8. The fourth-order valence-corrected chi connectivity index (χ4v) is 15.6. The van der Waals surface area contributed by atoms with Crippen LogP contribution < -0.4 is 21.2 Å². The third-order valence-electron chi connectivity index (χ3n) is 10.7. The summed E-state index contributed by atoms with van der Waals surface area (Å²) in [5.41, 5.74) is 12.4. The van der Waals surface area contributed by atoms with Gasteiger partial charge < -0.3 is 12.8 Å². The SMILES string of the molecule is [Ag+].[Au+].[C-]#Cc1ccc2c(c1)-c1ccccc1C2.[C-]#Cc1ccc2c(c1)Cc1ccccc1-2.c1ccc([PH+](C[PH+](c2ccccc2)c2ccccc2)c2ccccc2)cc1. The van der Waals surface area contributed by atoms with Gasteiger partial charge in [0, 0.05) is 0 Å². The van der Waals surface area contributed by atoms with Crippen LogP contribution in [0.3, 0.4) is 0 Å². The molecule has 0 saturated carbocycles. The van der Waals surface area contributed by atoms with Crippen molar-refractivity contribution < 1.29 is 44.8 Å². The largest absolute Gasteiger partial charge is 1.00 e. The molecule has 0 unspecified atom stereocenters. The van der Waals surface area contributed by atoms with Gasteiger partial charge in [0.05, 0.1) is 0 Å². The van der Waals surface area contributed by atoms with Crippen LogP contribution in [0.4, 0.5) is 0 Å². The molecule has 0 aromatic heterocycles. The van der Waals surface area contributed by atoms with Gasteiger partial charge in [0.25, 0.3) is 0 Å². The van der Waals surface area contributed by atoms with Crippen LogP contribution in [0, 0.1) is 24.7 Å². The van der Waals surface area contributed by atoms with Gasteiger partial charge in [-0.05, 0) is 100 Å². The smallest absolute Gasteiger partial charge is 0.366 e. The van der Waals surface area contributed by atoms with Gasteiger partial charge >= 0.3 is 44.8 Å². The van der Waals surface area contributed by atoms with Crippen LogP contribution in [0.2, 0.25) is 0 Å². The van der Waals surface area contributed by atoms with E-state index in [0.717, 1.165) is 24.0 Å². The number of rotatable bonds is 6. The maximum atomic E-state index is 7.14. The van der Waals surface area contributed by atoms with Gasteiger partial charge in [-0.1, -0.05) is 139 Å². The molecule has 0 N–H and O–H groups in total. The van der Waals surface area contributed by atoms with Crippen molar-refractivity contribution >= 4 is 37.1 Å². The van der Waals surface area contributed by atoms with E-state index in [1.165, 1.54) is 71.6 Å². The second-order valence-electron chi connectivity index (χ2n) is 14.3. The Bertz CT molecular complexity index is 2520. The van der Waals surface area contributed by atoms with Gasteiger partial charge in [0.15, 0.2) is 5.90 Å². The van der Waals surface area contributed by atoms with E-state index in [0.29, 0.717) is 0 Å². The Hall–Kier alpha value is -4.78. The van der Waals surface area contributed by atoms with Gasteiger partial charge in [-0.2, -0.15) is 0 Å². The molecule has 8 aromatic rings. The summed E-state index contributed by atoms with van der Waals surface area (Å²) < 4.78 is 0. The first-order valence-electron chi connectivity index (χ1n) is 19.4. The summed E-state index contributed by atoms with van der Waals surface area (Å²) in [6, 6.07) is 73.6. The Morgan fingerprint density at radius 2 is 0.695 bits per heavy atom. The van der Waals surface area contributed by atoms with Crippen molar-refractivity contribution in [3.63, 3.8) is 0 Å². The molecule has 0 heterocycles. The van der Waals surface area contributed by atoms with Crippen LogP contribution >= 0.6 is 15.8 Å². The van der Waals surface area contributed by atoms with Crippen molar-refractivity contribution in [3.05, 3.63) is 252 Å². The molecule has 0 radical (unpaired) electrons. The molecule has 0 amide bonds. The van der Waals surface area contributed by atoms with E-state index >= 15 is 0 Å². The molecule has 0 bridgehead atoms. The Balaban J connectivity index is 0.000000156. The van der Waals surface area contributed by atoms with Crippen molar-refractivity contribution in [3.8, 4) is 34.1 Å². The van der Waals surface area contributed by atoms with Crippen LogP contribution in [0.25, 0.3) is 22.3 Å². The van der Waals surface area contributed by atoms with Gasteiger partial charge in [-0.15, -0.1) is 35.4 Å². The third kappa shape index (κ3) is 10.5. The fourth-order valence-electron chi connectivity index (χ4n) is 7.90. The van der Waals surface area contributed by atoms with E-state index in [4.69, 9.17) is 12.8 Å². The topological polar surface area (TPSA) is 0 Å². The summed E-state index contributed by atoms with van der Waals surface area (Å²) >= 11 is 0. The van der Waals surface area contributed by atoms with Gasteiger partial charge in [-0.3, -0.25) is 11.8 Å². The van der Waals surface area contributed by atoms with Crippen molar-refractivity contribution in [2.75, 3.05) is 5.90 Å². The number of fused-ring (bicyclic) bond motifs is 6. The molecule has 0 atom stereocenters. The number of hydrogen-bond donors (Lipinski definition) is 0. The molecule has 0 aliphatic heterocycles. The Kier molecular flexibility index (Phi) is 15.9. The summed E-state index contributed by atoms with van der Waals surface area (Å²) in [5.74, 6) is 6.12. The van der Waals surface area contributed by atoms with E-state index in [1.54, 1.807) is 0 Å². The molecule has 0 saturated heterocycles. The summed E-state index contributed by atoms with van der Waals surface area (Å²) in [6.07, 6.45) is 16.3. The zero-order chi connectivity index (χ0) is 38.8. The average molecular weight is 1070 g/mol. The molecule has 0 spiro atoms. The fraction of sp³-hybridized carbons (Fsp3) is 0.0545. The van der Waals surface area contributed by atoms with Crippen molar-refractivity contribution in [2.24, 2.45) is 0 Å². The third-order valence-corrected chi connectivity index (χ3v) is 17.7. The molecule has 8 aromatic carbocycles. The Morgan fingerprint density at radius 3 is 1.15 bits per heavy atom. The average Bonchev–Trinajstić information content (AvgIpc) is 3.86. The molecule has 0 fully saturated rings. The van der Waals surface area contributed by atoms with E-state index < -0.39 is 15.8 Å². The van der Waals surface area contributed by atoms with Crippen LogP contribution in [-0.2, 0) is 57.6 Å². The van der Waals surface area contributed by atoms with Crippen molar-refractivity contribution in [1.29, 1.82) is 0 Å². The maximum absolute atomic E-state index is 7.14. The van der Waals surface area contributed by atoms with Crippen molar-refractivity contribution in [1.82, 2.24) is 0 Å². The van der Waals surface area contributed by atoms with E-state index in [2.05, 4.69) is 200 Å². The van der Waals surface area contributed by atoms with E-state index in [9.17, 15) is 0 Å². The zero-order valence-electron chi connectivity index (χ0n) is 32.4. The second kappa shape index (κ2) is 21.5. The van der Waals surface area contributed by atoms with Gasteiger partial charge in [0.1, 0.15) is 37.1 Å². The first kappa shape index (κ1) is 43.8. The number of hydrogen-bond acceptors (Lipinski definition) is 0. The molecule has 292 valence electrons. The van der Waals surface area contributed by atoms with Gasteiger partial charge in [0.2, 0.25) is 0 Å². The van der Waals surface area contributed by atoms with Crippen molar-refractivity contribution in [2.45, 2.75) is 12.8 Å². The molecule has 59 heavy (non-hydrogen) atoms. The predicted octanol–water partition coefficient (Wildman–Crippen LogP) is 11.1. The first-order chi connectivity index (χ1) is 28.2. The molecular formula is C55H42AgAuP2+2. The molecule has 0 nitrogen and oxygen atoms in total. The molecule has 2 aliphatic carbocycles. The molecular weight excluding hydrogens is 1030 g/mol. The summed E-state index contributed by atoms with van der Waals surface area (Å²) in [7, 11) is -1.69. The minimum Gasteiger partial charge on any atom is -0.366 e. The zero-order valence-corrected chi connectivity index (χ0v) is 38.0. The summed E-state index contributed by atoms with van der Waals surface area (Å²) in [4.78, 5) is 0. The Labute approximate surface area is 384 Å². The summed E-state index contributed by atoms with van der Waals surface area (Å²) in [5, 5.41) is 6.01. The Morgan fingerprint density at radius 1 is 0.356 bits per heavy atom. The predicted molar refractivity (Wildman–Crippen MR) is 248 cm³/mol. The van der Waals surface area contributed by atoms with Crippen LogP contribution in [0.15, 0.2) is 206 Å². The quantitative estimate of drug-likeness (QED) is 0.0674. The minimum absolute atomic E-state index is 0. The molecule has 2 aliphatic rings. The minimum atomic E-state index is -0.847. The van der Waals surface area contributed by atoms with E-state index in [1.807, 2.05) is 18.2 Å². The summed E-state index contributed by atoms with van der Waals surface area (Å²) in [6.45, 7) is 0. The normalized spacial score (nSPS) is 11.0. The number of benzene rings is 8.